The number of likely N-dealkylation sites (tertiary alicyclic amines) is 1. The van der Waals surface area contributed by atoms with Crippen molar-refractivity contribution in [3.63, 3.8) is 0 Å². The molecule has 2 aliphatic rings. The van der Waals surface area contributed by atoms with Crippen LogP contribution in [-0.4, -0.2) is 43.7 Å². The standard InChI is InChI=1S/C14H23N3O2S2/c1-11-10-20-13(15-11)9-17-5-3-14(4-6-17)7-12(8-14)16-21(2,18)19/h10,12,16H,3-9H2,1-2H3. The molecule has 0 atom stereocenters. The smallest absolute Gasteiger partial charge is 0.208 e. The molecule has 1 aliphatic carbocycles. The molecular formula is C14H23N3O2S2. The summed E-state index contributed by atoms with van der Waals surface area (Å²) in [4.78, 5) is 7.00. The van der Waals surface area contributed by atoms with Crippen LogP contribution in [0.2, 0.25) is 0 Å². The molecule has 3 rings (SSSR count). The van der Waals surface area contributed by atoms with Gasteiger partial charge < -0.3 is 0 Å². The van der Waals surface area contributed by atoms with Gasteiger partial charge in [-0.1, -0.05) is 0 Å². The number of nitrogens with one attached hydrogen (secondary N) is 1. The number of hydrogen-bond acceptors (Lipinski definition) is 5. The minimum absolute atomic E-state index is 0.160. The Morgan fingerprint density at radius 1 is 1.43 bits per heavy atom. The molecule has 1 N–H and O–H groups in total. The van der Waals surface area contributed by atoms with Gasteiger partial charge >= 0.3 is 0 Å². The SMILES string of the molecule is Cc1csc(CN2CCC3(CC2)CC(NS(C)(=O)=O)C3)n1. The second-order valence-electron chi connectivity index (χ2n) is 6.65. The van der Waals surface area contributed by atoms with Crippen LogP contribution in [0.25, 0.3) is 0 Å². The molecule has 0 unspecified atom stereocenters. The van der Waals surface area contributed by atoms with Crippen molar-refractivity contribution in [3.8, 4) is 0 Å². The van der Waals surface area contributed by atoms with Crippen LogP contribution in [0.4, 0.5) is 0 Å². The summed E-state index contributed by atoms with van der Waals surface area (Å²) < 4.78 is 25.2. The van der Waals surface area contributed by atoms with Gasteiger partial charge in [0.25, 0.3) is 0 Å². The van der Waals surface area contributed by atoms with E-state index < -0.39 is 10.0 Å². The zero-order valence-electron chi connectivity index (χ0n) is 12.6. The molecule has 0 aromatic carbocycles. The highest BCUT2D eigenvalue weighted by Crippen LogP contribution is 2.49. The molecular weight excluding hydrogens is 306 g/mol. The Kier molecular flexibility index (Phi) is 4.11. The van der Waals surface area contributed by atoms with E-state index in [9.17, 15) is 8.42 Å². The Morgan fingerprint density at radius 2 is 2.10 bits per heavy atom. The molecule has 1 spiro atoms. The van der Waals surface area contributed by atoms with E-state index in [4.69, 9.17) is 0 Å². The lowest BCUT2D eigenvalue weighted by Crippen LogP contribution is -2.54. The fourth-order valence-electron chi connectivity index (χ4n) is 3.63. The zero-order valence-corrected chi connectivity index (χ0v) is 14.3. The molecule has 7 heteroatoms. The number of sulfonamides is 1. The zero-order chi connectivity index (χ0) is 15.1. The van der Waals surface area contributed by atoms with Gasteiger partial charge in [-0.05, 0) is 51.1 Å². The molecule has 0 radical (unpaired) electrons. The quantitative estimate of drug-likeness (QED) is 0.914. The maximum atomic E-state index is 11.2. The first-order valence-electron chi connectivity index (χ1n) is 7.44. The Bertz CT molecular complexity index is 595. The van der Waals surface area contributed by atoms with Crippen LogP contribution < -0.4 is 4.72 Å². The summed E-state index contributed by atoms with van der Waals surface area (Å²) in [6.07, 6.45) is 5.61. The predicted octanol–water partition coefficient (Wildman–Crippen LogP) is 1.75. The Morgan fingerprint density at radius 3 is 2.62 bits per heavy atom. The summed E-state index contributed by atoms with van der Waals surface area (Å²) in [5.74, 6) is 0. The molecule has 2 fully saturated rings. The molecule has 1 aromatic heterocycles. The van der Waals surface area contributed by atoms with E-state index in [1.807, 2.05) is 6.92 Å². The lowest BCUT2D eigenvalue weighted by molar-refractivity contribution is 0.0106. The molecule has 21 heavy (non-hydrogen) atoms. The Labute approximate surface area is 130 Å². The molecule has 0 bridgehead atoms. The molecule has 0 amide bonds. The second-order valence-corrected chi connectivity index (χ2v) is 9.38. The third-order valence-corrected chi connectivity index (χ3v) is 6.39. The van der Waals surface area contributed by atoms with Gasteiger partial charge in [-0.15, -0.1) is 11.3 Å². The maximum absolute atomic E-state index is 11.2. The fraction of sp³-hybridized carbons (Fsp3) is 0.786. The monoisotopic (exact) mass is 329 g/mol. The van der Waals surface area contributed by atoms with E-state index in [1.165, 1.54) is 24.1 Å². The largest absolute Gasteiger partial charge is 0.297 e. The first-order chi connectivity index (χ1) is 9.84. The van der Waals surface area contributed by atoms with Gasteiger partial charge in [-0.3, -0.25) is 4.90 Å². The summed E-state index contributed by atoms with van der Waals surface area (Å²) in [5, 5.41) is 3.31. The summed E-state index contributed by atoms with van der Waals surface area (Å²) in [7, 11) is -3.06. The molecule has 118 valence electrons. The third-order valence-electron chi connectivity index (χ3n) is 4.68. The molecule has 1 saturated heterocycles. The first-order valence-corrected chi connectivity index (χ1v) is 10.2. The number of aryl methyl sites for hydroxylation is 1. The molecule has 2 heterocycles. The van der Waals surface area contributed by atoms with E-state index in [1.54, 1.807) is 11.3 Å². The van der Waals surface area contributed by atoms with E-state index in [-0.39, 0.29) is 6.04 Å². The lowest BCUT2D eigenvalue weighted by Gasteiger charge is -2.52. The highest BCUT2D eigenvalue weighted by molar-refractivity contribution is 7.88. The van der Waals surface area contributed by atoms with Crippen molar-refractivity contribution >= 4 is 21.4 Å². The van der Waals surface area contributed by atoms with Gasteiger partial charge in [0.15, 0.2) is 0 Å². The fourth-order valence-corrected chi connectivity index (χ4v) is 5.22. The van der Waals surface area contributed by atoms with Crippen LogP contribution in [0, 0.1) is 12.3 Å². The number of rotatable bonds is 4. The number of nitrogens with zero attached hydrogens (tertiary/aromatic N) is 2. The normalized spacial score (nSPS) is 23.3. The Hall–Kier alpha value is -0.500. The minimum Gasteiger partial charge on any atom is -0.297 e. The summed E-state index contributed by atoms with van der Waals surface area (Å²) >= 11 is 1.74. The summed E-state index contributed by atoms with van der Waals surface area (Å²) in [6.45, 7) is 5.20. The average molecular weight is 329 g/mol. The predicted molar refractivity (Wildman–Crippen MR) is 84.8 cm³/mol. The Balaban J connectivity index is 1.46. The van der Waals surface area contributed by atoms with Crippen LogP contribution in [0.3, 0.4) is 0 Å². The number of piperidine rings is 1. The van der Waals surface area contributed by atoms with E-state index in [0.29, 0.717) is 5.41 Å². The van der Waals surface area contributed by atoms with Gasteiger partial charge in [0.2, 0.25) is 10.0 Å². The van der Waals surface area contributed by atoms with Crippen LogP contribution >= 0.6 is 11.3 Å². The van der Waals surface area contributed by atoms with Crippen LogP contribution in [0.15, 0.2) is 5.38 Å². The van der Waals surface area contributed by atoms with Crippen LogP contribution in [0.5, 0.6) is 0 Å². The summed E-state index contributed by atoms with van der Waals surface area (Å²) in [5.41, 5.74) is 1.50. The van der Waals surface area contributed by atoms with Gasteiger partial charge in [0.1, 0.15) is 5.01 Å². The topological polar surface area (TPSA) is 62.3 Å². The van der Waals surface area contributed by atoms with E-state index in [0.717, 1.165) is 38.2 Å². The van der Waals surface area contributed by atoms with Crippen molar-refractivity contribution in [1.82, 2.24) is 14.6 Å². The van der Waals surface area contributed by atoms with Crippen molar-refractivity contribution in [2.24, 2.45) is 5.41 Å². The lowest BCUT2D eigenvalue weighted by atomic mass is 9.61. The van der Waals surface area contributed by atoms with E-state index in [2.05, 4.69) is 20.0 Å². The summed E-state index contributed by atoms with van der Waals surface area (Å²) in [6, 6.07) is 0.160. The third kappa shape index (κ3) is 3.83. The van der Waals surface area contributed by atoms with Crippen LogP contribution in [0.1, 0.15) is 36.4 Å². The number of hydrogen-bond donors (Lipinski definition) is 1. The van der Waals surface area contributed by atoms with Gasteiger partial charge in [-0.25, -0.2) is 18.1 Å². The average Bonchev–Trinajstić information content (AvgIpc) is 2.74. The van der Waals surface area contributed by atoms with Crippen molar-refractivity contribution in [2.75, 3.05) is 19.3 Å². The van der Waals surface area contributed by atoms with Gasteiger partial charge in [-0.2, -0.15) is 0 Å². The van der Waals surface area contributed by atoms with E-state index >= 15 is 0 Å². The molecule has 1 aliphatic heterocycles. The molecule has 5 nitrogen and oxygen atoms in total. The van der Waals surface area contributed by atoms with Crippen molar-refractivity contribution < 1.29 is 8.42 Å². The highest BCUT2D eigenvalue weighted by Gasteiger charge is 2.46. The highest BCUT2D eigenvalue weighted by atomic mass is 32.2. The minimum atomic E-state index is -3.06. The van der Waals surface area contributed by atoms with Gasteiger partial charge in [0.05, 0.1) is 12.8 Å². The van der Waals surface area contributed by atoms with Crippen molar-refractivity contribution in [1.29, 1.82) is 0 Å². The maximum Gasteiger partial charge on any atom is 0.208 e. The number of thiazole rings is 1. The molecule has 1 saturated carbocycles. The molecule has 1 aromatic rings. The first kappa shape index (κ1) is 15.4. The van der Waals surface area contributed by atoms with Crippen LogP contribution in [-0.2, 0) is 16.6 Å². The van der Waals surface area contributed by atoms with Gasteiger partial charge in [0, 0.05) is 17.1 Å². The van der Waals surface area contributed by atoms with Crippen molar-refractivity contribution in [2.45, 2.75) is 45.2 Å². The number of aromatic nitrogens is 1. The van der Waals surface area contributed by atoms with Crippen molar-refractivity contribution in [3.05, 3.63) is 16.1 Å². The second kappa shape index (κ2) is 5.61.